The number of morpholine rings is 1. The molecule has 2 heterocycles. The van der Waals surface area contributed by atoms with E-state index in [-0.39, 0.29) is 5.69 Å². The van der Waals surface area contributed by atoms with Gasteiger partial charge in [-0.15, -0.1) is 10.2 Å². The summed E-state index contributed by atoms with van der Waals surface area (Å²) in [5.74, 6) is 0.102. The molecule has 1 saturated heterocycles. The first-order valence-corrected chi connectivity index (χ1v) is 8.73. The molecule has 132 valence electrons. The Morgan fingerprint density at radius 3 is 2.76 bits per heavy atom. The van der Waals surface area contributed by atoms with Gasteiger partial charge < -0.3 is 19.7 Å². The Morgan fingerprint density at radius 1 is 1.28 bits per heavy atom. The second-order valence-corrected chi connectivity index (χ2v) is 6.44. The molecule has 25 heavy (non-hydrogen) atoms. The quantitative estimate of drug-likeness (QED) is 0.764. The van der Waals surface area contributed by atoms with Crippen LogP contribution in [0.5, 0.6) is 0 Å². The van der Waals surface area contributed by atoms with E-state index in [2.05, 4.69) is 53.2 Å². The summed E-state index contributed by atoms with van der Waals surface area (Å²) < 4.78 is 11.1. The van der Waals surface area contributed by atoms with Crippen LogP contribution < -0.4 is 10.2 Å². The fourth-order valence-corrected chi connectivity index (χ4v) is 2.96. The number of hydrogen-bond acceptors (Lipinski definition) is 7. The van der Waals surface area contributed by atoms with Crippen molar-refractivity contribution in [1.82, 2.24) is 10.2 Å². The summed E-state index contributed by atoms with van der Waals surface area (Å²) in [6, 6.07) is 9.53. The van der Waals surface area contributed by atoms with Crippen LogP contribution in [0.3, 0.4) is 0 Å². The van der Waals surface area contributed by atoms with Crippen molar-refractivity contribution in [3.63, 3.8) is 0 Å². The lowest BCUT2D eigenvalue weighted by atomic mass is 10.1. The molecule has 7 nitrogen and oxygen atoms in total. The average Bonchev–Trinajstić information content (AvgIpc) is 2.67. The minimum absolute atomic E-state index is 0.186. The van der Waals surface area contributed by atoms with Crippen molar-refractivity contribution in [1.29, 1.82) is 0 Å². The number of aromatic nitrogens is 2. The van der Waals surface area contributed by atoms with Crippen molar-refractivity contribution in [2.24, 2.45) is 0 Å². The van der Waals surface area contributed by atoms with Gasteiger partial charge in [0.25, 0.3) is 0 Å². The molecular formula is C17H19BrN4O3. The molecule has 0 bridgehead atoms. The number of rotatable bonds is 5. The van der Waals surface area contributed by atoms with Gasteiger partial charge in [-0.1, -0.05) is 22.0 Å². The lowest BCUT2D eigenvalue weighted by molar-refractivity contribution is 0.0592. The number of methoxy groups -OCH3 is 1. The summed E-state index contributed by atoms with van der Waals surface area (Å²) in [4.78, 5) is 13.7. The van der Waals surface area contributed by atoms with E-state index in [4.69, 9.17) is 4.74 Å². The number of benzene rings is 1. The summed E-state index contributed by atoms with van der Waals surface area (Å²) in [7, 11) is 1.32. The van der Waals surface area contributed by atoms with Crippen LogP contribution in [0.25, 0.3) is 0 Å². The molecule has 1 aliphatic rings. The van der Waals surface area contributed by atoms with Gasteiger partial charge in [-0.2, -0.15) is 0 Å². The Balaban J connectivity index is 1.71. The average molecular weight is 407 g/mol. The van der Waals surface area contributed by atoms with Gasteiger partial charge in [0.2, 0.25) is 0 Å². The minimum Gasteiger partial charge on any atom is -0.464 e. The third-order valence-corrected chi connectivity index (χ3v) is 4.41. The number of anilines is 2. The fourth-order valence-electron chi connectivity index (χ4n) is 2.61. The van der Waals surface area contributed by atoms with Gasteiger partial charge in [0.1, 0.15) is 5.82 Å². The number of nitrogens with zero attached hydrogens (tertiary/aromatic N) is 3. The molecule has 1 aliphatic heterocycles. The lowest BCUT2D eigenvalue weighted by Gasteiger charge is -2.31. The van der Waals surface area contributed by atoms with Crippen LogP contribution in [0.15, 0.2) is 34.8 Å². The molecule has 1 aromatic heterocycles. The first-order chi connectivity index (χ1) is 12.2. The lowest BCUT2D eigenvalue weighted by Crippen LogP contribution is -2.36. The number of ether oxygens (including phenoxy) is 2. The van der Waals surface area contributed by atoms with Crippen molar-refractivity contribution >= 4 is 33.4 Å². The van der Waals surface area contributed by atoms with Gasteiger partial charge in [0.05, 0.1) is 20.3 Å². The smallest absolute Gasteiger partial charge is 0.358 e. The number of carbonyl (C=O) groups excluding carboxylic acids is 1. The molecule has 0 amide bonds. The largest absolute Gasteiger partial charge is 0.464 e. The van der Waals surface area contributed by atoms with E-state index in [1.165, 1.54) is 12.8 Å². The monoisotopic (exact) mass is 406 g/mol. The molecule has 0 radical (unpaired) electrons. The SMILES string of the molecule is COC(=O)c1ccc(NCc2ccc(Br)cc2N2CCOCC2)nn1. The minimum atomic E-state index is -0.499. The van der Waals surface area contributed by atoms with Crippen LogP contribution in [0.1, 0.15) is 16.1 Å². The van der Waals surface area contributed by atoms with Crippen LogP contribution in [0.4, 0.5) is 11.5 Å². The molecule has 0 aliphatic carbocycles. The molecule has 2 aromatic rings. The van der Waals surface area contributed by atoms with Gasteiger partial charge >= 0.3 is 5.97 Å². The highest BCUT2D eigenvalue weighted by Gasteiger charge is 2.15. The van der Waals surface area contributed by atoms with Crippen molar-refractivity contribution < 1.29 is 14.3 Å². The number of esters is 1. The Morgan fingerprint density at radius 2 is 2.08 bits per heavy atom. The van der Waals surface area contributed by atoms with Gasteiger partial charge in [-0.05, 0) is 29.8 Å². The van der Waals surface area contributed by atoms with E-state index in [0.29, 0.717) is 12.4 Å². The van der Waals surface area contributed by atoms with E-state index in [0.717, 1.165) is 36.3 Å². The van der Waals surface area contributed by atoms with Crippen LogP contribution in [-0.4, -0.2) is 49.6 Å². The Kier molecular flexibility index (Phi) is 5.83. The van der Waals surface area contributed by atoms with Gasteiger partial charge in [-0.25, -0.2) is 4.79 Å². The number of carbonyl (C=O) groups is 1. The third kappa shape index (κ3) is 4.46. The molecule has 3 rings (SSSR count). The van der Waals surface area contributed by atoms with E-state index in [1.54, 1.807) is 12.1 Å². The Hall–Kier alpha value is -2.19. The van der Waals surface area contributed by atoms with Crippen molar-refractivity contribution in [3.8, 4) is 0 Å². The topological polar surface area (TPSA) is 76.6 Å². The van der Waals surface area contributed by atoms with Crippen LogP contribution >= 0.6 is 15.9 Å². The molecule has 0 spiro atoms. The maximum atomic E-state index is 11.4. The molecule has 0 unspecified atom stereocenters. The summed E-state index contributed by atoms with van der Waals surface area (Å²) >= 11 is 3.54. The highest BCUT2D eigenvalue weighted by atomic mass is 79.9. The summed E-state index contributed by atoms with van der Waals surface area (Å²) in [6.07, 6.45) is 0. The Labute approximate surface area is 154 Å². The normalized spacial score (nSPS) is 14.2. The summed E-state index contributed by atoms with van der Waals surface area (Å²) in [5, 5.41) is 11.1. The summed E-state index contributed by atoms with van der Waals surface area (Å²) in [6.45, 7) is 3.82. The maximum absolute atomic E-state index is 11.4. The van der Waals surface area contributed by atoms with Crippen LogP contribution in [-0.2, 0) is 16.0 Å². The number of hydrogen-bond donors (Lipinski definition) is 1. The highest BCUT2D eigenvalue weighted by Crippen LogP contribution is 2.26. The molecule has 1 fully saturated rings. The van der Waals surface area contributed by atoms with E-state index in [1.807, 2.05) is 6.07 Å². The predicted molar refractivity (Wildman–Crippen MR) is 97.9 cm³/mol. The van der Waals surface area contributed by atoms with Crippen molar-refractivity contribution in [3.05, 3.63) is 46.1 Å². The first kappa shape index (κ1) is 17.6. The number of halogens is 1. The van der Waals surface area contributed by atoms with Gasteiger partial charge in [0, 0.05) is 29.8 Å². The van der Waals surface area contributed by atoms with Crippen LogP contribution in [0.2, 0.25) is 0 Å². The van der Waals surface area contributed by atoms with E-state index in [9.17, 15) is 4.79 Å². The zero-order valence-corrected chi connectivity index (χ0v) is 15.5. The third-order valence-electron chi connectivity index (χ3n) is 3.92. The molecule has 8 heteroatoms. The molecule has 0 saturated carbocycles. The zero-order valence-electron chi connectivity index (χ0n) is 13.9. The summed E-state index contributed by atoms with van der Waals surface area (Å²) in [5.41, 5.74) is 2.51. The zero-order chi connectivity index (χ0) is 17.6. The molecule has 1 N–H and O–H groups in total. The Bertz CT molecular complexity index is 733. The fraction of sp³-hybridized carbons (Fsp3) is 0.353. The maximum Gasteiger partial charge on any atom is 0.358 e. The van der Waals surface area contributed by atoms with Crippen molar-refractivity contribution in [2.75, 3.05) is 43.6 Å². The standard InChI is InChI=1S/C17H19BrN4O3/c1-24-17(23)14-4-5-16(21-20-14)19-11-12-2-3-13(18)10-15(12)22-6-8-25-9-7-22/h2-5,10H,6-9,11H2,1H3,(H,19,21). The number of nitrogens with one attached hydrogen (secondary N) is 1. The van der Waals surface area contributed by atoms with E-state index >= 15 is 0 Å². The van der Waals surface area contributed by atoms with Gasteiger partial charge in [0.15, 0.2) is 5.69 Å². The molecule has 0 atom stereocenters. The predicted octanol–water partition coefficient (Wildman–Crippen LogP) is 2.47. The van der Waals surface area contributed by atoms with Crippen molar-refractivity contribution in [2.45, 2.75) is 6.54 Å². The van der Waals surface area contributed by atoms with Crippen LogP contribution in [0, 0.1) is 0 Å². The second-order valence-electron chi connectivity index (χ2n) is 5.52. The highest BCUT2D eigenvalue weighted by molar-refractivity contribution is 9.10. The molecule has 1 aromatic carbocycles. The second kappa shape index (κ2) is 8.26. The van der Waals surface area contributed by atoms with E-state index < -0.39 is 5.97 Å². The van der Waals surface area contributed by atoms with Gasteiger partial charge in [-0.3, -0.25) is 0 Å². The first-order valence-electron chi connectivity index (χ1n) is 7.94. The molecular weight excluding hydrogens is 388 g/mol.